The summed E-state index contributed by atoms with van der Waals surface area (Å²) in [6.45, 7) is 5.25. The Balaban J connectivity index is 1.07. The quantitative estimate of drug-likeness (QED) is 0.411. The van der Waals surface area contributed by atoms with Gasteiger partial charge in [0.2, 0.25) is 0 Å². The molecule has 38 heavy (non-hydrogen) atoms. The number of benzene rings is 1. The maximum absolute atomic E-state index is 11.5. The monoisotopic (exact) mass is 541 g/mol. The van der Waals surface area contributed by atoms with Gasteiger partial charge in [-0.1, -0.05) is 5.21 Å². The maximum Gasteiger partial charge on any atom is 0.264 e. The lowest BCUT2D eigenvalue weighted by Gasteiger charge is -2.51. The van der Waals surface area contributed by atoms with Gasteiger partial charge < -0.3 is 14.2 Å². The van der Waals surface area contributed by atoms with Gasteiger partial charge in [-0.05, 0) is 55.5 Å². The number of nitrogens with zero attached hydrogens (tertiary/aromatic N) is 5. The van der Waals surface area contributed by atoms with Gasteiger partial charge in [-0.15, -0.1) is 5.10 Å². The van der Waals surface area contributed by atoms with E-state index in [4.69, 9.17) is 18.4 Å². The van der Waals surface area contributed by atoms with E-state index in [9.17, 15) is 8.42 Å². The fraction of sp³-hybridized carbons (Fsp3) is 0.577. The van der Waals surface area contributed by atoms with Crippen LogP contribution in [-0.4, -0.2) is 84.1 Å². The van der Waals surface area contributed by atoms with Gasteiger partial charge >= 0.3 is 0 Å². The summed E-state index contributed by atoms with van der Waals surface area (Å²) in [5.41, 5.74) is 3.86. The van der Waals surface area contributed by atoms with E-state index >= 15 is 0 Å². The van der Waals surface area contributed by atoms with Crippen LogP contribution in [0.5, 0.6) is 5.75 Å². The van der Waals surface area contributed by atoms with Crippen molar-refractivity contribution in [2.75, 3.05) is 39.2 Å². The molecule has 1 aromatic carbocycles. The molecular formula is C26H31N5O6S. The molecule has 8 rings (SSSR count). The number of morpholine rings is 1. The highest BCUT2D eigenvalue weighted by Crippen LogP contribution is 2.59. The summed E-state index contributed by atoms with van der Waals surface area (Å²) in [7, 11) is -3.51. The number of hydrogen-bond acceptors (Lipinski definition) is 10. The summed E-state index contributed by atoms with van der Waals surface area (Å²) >= 11 is 0. The number of pyridine rings is 1. The molecule has 202 valence electrons. The van der Waals surface area contributed by atoms with Crippen molar-refractivity contribution in [3.8, 4) is 5.75 Å². The molecule has 6 heterocycles. The number of hydrogen-bond donors (Lipinski definition) is 0. The largest absolute Gasteiger partial charge is 0.484 e. The Morgan fingerprint density at radius 3 is 2.95 bits per heavy atom. The highest BCUT2D eigenvalue weighted by molar-refractivity contribution is 7.85. The van der Waals surface area contributed by atoms with Crippen LogP contribution in [0.4, 0.5) is 0 Å². The van der Waals surface area contributed by atoms with Crippen LogP contribution in [0.15, 0.2) is 30.6 Å². The topological polar surface area (TPSA) is 118 Å². The van der Waals surface area contributed by atoms with E-state index in [-0.39, 0.29) is 29.8 Å². The minimum Gasteiger partial charge on any atom is -0.484 e. The highest BCUT2D eigenvalue weighted by atomic mass is 32.2. The molecule has 2 bridgehead atoms. The predicted molar refractivity (Wildman–Crippen MR) is 136 cm³/mol. The van der Waals surface area contributed by atoms with E-state index in [1.54, 1.807) is 0 Å². The zero-order valence-corrected chi connectivity index (χ0v) is 22.3. The first-order chi connectivity index (χ1) is 18.2. The Morgan fingerprint density at radius 2 is 2.11 bits per heavy atom. The third kappa shape index (κ3) is 4.01. The normalized spacial score (nSPS) is 29.5. The Labute approximate surface area is 221 Å². The van der Waals surface area contributed by atoms with Crippen LogP contribution in [0.3, 0.4) is 0 Å². The molecule has 2 aromatic heterocycles. The van der Waals surface area contributed by atoms with Crippen LogP contribution >= 0.6 is 0 Å². The molecular weight excluding hydrogens is 510 g/mol. The van der Waals surface area contributed by atoms with E-state index in [2.05, 4.69) is 26.3 Å². The number of aromatic nitrogens is 4. The maximum atomic E-state index is 11.5. The lowest BCUT2D eigenvalue weighted by molar-refractivity contribution is -0.108. The lowest BCUT2D eigenvalue weighted by atomic mass is 9.67. The molecule has 4 aliphatic heterocycles. The van der Waals surface area contributed by atoms with Crippen LogP contribution in [0.2, 0.25) is 0 Å². The summed E-state index contributed by atoms with van der Waals surface area (Å²) in [6, 6.07) is 5.91. The minimum absolute atomic E-state index is 0.0959. The standard InChI is InChI=1S/C26H31N5O6S/c1-17(37-20-3-4-23-22(7-20)21-5-6-34-10-18(21)8-27-23)24-9-31(29-28-24)25-13-26(14-25)16-35-11-19(30(26)15-25)12-36-38(2,32)33/h3-4,7-9,17,19H,5-6,10-16H2,1-2H3/t17-,19?,25?,26?/m1/s1. The first-order valence-corrected chi connectivity index (χ1v) is 14.8. The number of rotatable bonds is 7. The molecule has 1 unspecified atom stereocenters. The number of fused-ring (bicyclic) bond motifs is 3. The van der Waals surface area contributed by atoms with Gasteiger partial charge in [0.1, 0.15) is 17.5 Å². The van der Waals surface area contributed by atoms with Crippen molar-refractivity contribution in [2.24, 2.45) is 0 Å². The third-order valence-electron chi connectivity index (χ3n) is 8.51. The van der Waals surface area contributed by atoms with Crippen molar-refractivity contribution in [3.63, 3.8) is 0 Å². The minimum atomic E-state index is -3.51. The van der Waals surface area contributed by atoms with Crippen molar-refractivity contribution in [3.05, 3.63) is 47.4 Å². The summed E-state index contributed by atoms with van der Waals surface area (Å²) < 4.78 is 47.9. The fourth-order valence-corrected chi connectivity index (χ4v) is 7.20. The molecule has 0 amide bonds. The molecule has 1 spiro atoms. The second-order valence-corrected chi connectivity index (χ2v) is 12.8. The molecule has 0 N–H and O–H groups in total. The predicted octanol–water partition coefficient (Wildman–Crippen LogP) is 1.96. The van der Waals surface area contributed by atoms with Gasteiger partial charge in [0.05, 0.1) is 62.6 Å². The van der Waals surface area contributed by atoms with Crippen LogP contribution < -0.4 is 4.74 Å². The third-order valence-corrected chi connectivity index (χ3v) is 9.07. The van der Waals surface area contributed by atoms with E-state index < -0.39 is 10.1 Å². The zero-order chi connectivity index (χ0) is 26.1. The Morgan fingerprint density at radius 1 is 1.24 bits per heavy atom. The molecule has 3 aromatic rings. The van der Waals surface area contributed by atoms with Crippen molar-refractivity contribution < 1.29 is 26.8 Å². The van der Waals surface area contributed by atoms with E-state index in [0.717, 1.165) is 66.6 Å². The van der Waals surface area contributed by atoms with Crippen molar-refractivity contribution in [1.82, 2.24) is 24.9 Å². The Bertz CT molecular complexity index is 1500. The van der Waals surface area contributed by atoms with Crippen LogP contribution in [0.1, 0.15) is 42.7 Å². The van der Waals surface area contributed by atoms with Crippen LogP contribution in [0.25, 0.3) is 10.9 Å². The van der Waals surface area contributed by atoms with Crippen molar-refractivity contribution >= 4 is 21.0 Å². The fourth-order valence-electron chi connectivity index (χ4n) is 6.80. The molecule has 11 nitrogen and oxygen atoms in total. The Kier molecular flexibility index (Phi) is 5.58. The average molecular weight is 542 g/mol. The zero-order valence-electron chi connectivity index (χ0n) is 21.5. The van der Waals surface area contributed by atoms with Crippen molar-refractivity contribution in [1.29, 1.82) is 0 Å². The first-order valence-electron chi connectivity index (χ1n) is 13.0. The highest BCUT2D eigenvalue weighted by Gasteiger charge is 2.69. The first kappa shape index (κ1) is 24.4. The smallest absolute Gasteiger partial charge is 0.264 e. The molecule has 2 atom stereocenters. The van der Waals surface area contributed by atoms with Crippen LogP contribution in [-0.2, 0) is 42.3 Å². The average Bonchev–Trinajstić information content (AvgIpc) is 3.59. The van der Waals surface area contributed by atoms with Gasteiger partial charge in [0, 0.05) is 23.7 Å². The molecule has 12 heteroatoms. The van der Waals surface area contributed by atoms with E-state index in [1.807, 2.05) is 36.1 Å². The van der Waals surface area contributed by atoms with Crippen LogP contribution in [0, 0.1) is 0 Å². The Hall–Kier alpha value is -2.64. The summed E-state index contributed by atoms with van der Waals surface area (Å²) in [5.74, 6) is 0.769. The molecule has 1 aliphatic carbocycles. The SMILES string of the molecule is C[C@@H](Oc1ccc2ncc3c(c2c1)CCOC3)c1cn(C23CN4C(COS(C)(=O)=O)COCC4(C2)C3)nn1. The molecule has 3 saturated heterocycles. The molecule has 4 fully saturated rings. The van der Waals surface area contributed by atoms with Gasteiger partial charge in [-0.2, -0.15) is 8.42 Å². The second kappa shape index (κ2) is 8.68. The number of ether oxygens (including phenoxy) is 3. The van der Waals surface area contributed by atoms with Gasteiger partial charge in [-0.25, -0.2) is 4.68 Å². The van der Waals surface area contributed by atoms with Crippen molar-refractivity contribution in [2.45, 2.75) is 56.0 Å². The molecule has 1 saturated carbocycles. The summed E-state index contributed by atoms with van der Waals surface area (Å²) in [4.78, 5) is 6.94. The van der Waals surface area contributed by atoms with E-state index in [1.165, 1.54) is 5.56 Å². The van der Waals surface area contributed by atoms with E-state index in [0.29, 0.717) is 19.8 Å². The van der Waals surface area contributed by atoms with Gasteiger partial charge in [0.15, 0.2) is 0 Å². The molecule has 0 radical (unpaired) electrons. The van der Waals surface area contributed by atoms with Gasteiger partial charge in [0.25, 0.3) is 10.1 Å². The lowest BCUT2D eigenvalue weighted by Crippen LogP contribution is -2.62. The molecule has 5 aliphatic rings. The summed E-state index contributed by atoms with van der Waals surface area (Å²) in [5, 5.41) is 10.1. The second-order valence-electron chi connectivity index (χ2n) is 11.2. The van der Waals surface area contributed by atoms with Gasteiger partial charge in [-0.3, -0.25) is 14.1 Å². The summed E-state index contributed by atoms with van der Waals surface area (Å²) in [6.07, 6.45) is 7.33.